The van der Waals surface area contributed by atoms with E-state index >= 15 is 0 Å². The van der Waals surface area contributed by atoms with E-state index in [1.54, 1.807) is 13.8 Å². The second-order valence-electron chi connectivity index (χ2n) is 4.22. The zero-order chi connectivity index (χ0) is 14.0. The zero-order valence-electron chi connectivity index (χ0n) is 10.1. The molecule has 0 bridgehead atoms. The molecular weight excluding hydrogens is 271 g/mol. The summed E-state index contributed by atoms with van der Waals surface area (Å²) in [7, 11) is 1.51. The van der Waals surface area contributed by atoms with Crippen LogP contribution >= 0.6 is 11.6 Å². The molecule has 0 radical (unpaired) electrons. The van der Waals surface area contributed by atoms with Gasteiger partial charge in [0, 0.05) is 19.7 Å². The van der Waals surface area contributed by atoms with Crippen molar-refractivity contribution in [3.63, 3.8) is 0 Å². The largest absolute Gasteiger partial charge is 0.433 e. The maximum absolute atomic E-state index is 12.5. The van der Waals surface area contributed by atoms with Crippen molar-refractivity contribution in [3.8, 4) is 0 Å². The second kappa shape index (κ2) is 5.27. The fourth-order valence-corrected chi connectivity index (χ4v) is 1.21. The number of anilines is 1. The minimum Gasteiger partial charge on any atom is -0.377 e. The Labute approximate surface area is 108 Å². The Kier molecular flexibility index (Phi) is 4.39. The van der Waals surface area contributed by atoms with Crippen LogP contribution in [0.15, 0.2) is 6.07 Å². The Balaban J connectivity index is 2.88. The second-order valence-corrected chi connectivity index (χ2v) is 4.56. The van der Waals surface area contributed by atoms with E-state index in [1.165, 1.54) is 7.11 Å². The van der Waals surface area contributed by atoms with E-state index in [-0.39, 0.29) is 12.4 Å². The third-order valence-electron chi connectivity index (χ3n) is 2.24. The quantitative estimate of drug-likeness (QED) is 0.863. The SMILES string of the molecule is COC(C)(C)CNc1cc(C(F)(F)F)nc(Cl)n1. The molecule has 0 aliphatic heterocycles. The highest BCUT2D eigenvalue weighted by molar-refractivity contribution is 6.28. The van der Waals surface area contributed by atoms with Crippen LogP contribution in [0.4, 0.5) is 19.0 Å². The molecule has 102 valence electrons. The molecule has 1 aromatic heterocycles. The van der Waals surface area contributed by atoms with Gasteiger partial charge in [-0.05, 0) is 25.4 Å². The molecule has 8 heteroatoms. The van der Waals surface area contributed by atoms with Crippen molar-refractivity contribution in [3.05, 3.63) is 17.0 Å². The van der Waals surface area contributed by atoms with E-state index in [0.717, 1.165) is 6.07 Å². The molecule has 1 heterocycles. The monoisotopic (exact) mass is 283 g/mol. The normalized spacial score (nSPS) is 12.6. The molecule has 1 aromatic rings. The molecule has 18 heavy (non-hydrogen) atoms. The molecule has 0 aliphatic carbocycles. The number of aromatic nitrogens is 2. The number of nitrogens with zero attached hydrogens (tertiary/aromatic N) is 2. The van der Waals surface area contributed by atoms with Crippen LogP contribution in [0, 0.1) is 0 Å². The number of ether oxygens (including phenoxy) is 1. The number of hydrogen-bond acceptors (Lipinski definition) is 4. The van der Waals surface area contributed by atoms with Gasteiger partial charge < -0.3 is 10.1 Å². The third-order valence-corrected chi connectivity index (χ3v) is 2.41. The van der Waals surface area contributed by atoms with Gasteiger partial charge in [-0.15, -0.1) is 0 Å². The number of nitrogens with one attached hydrogen (secondary N) is 1. The summed E-state index contributed by atoms with van der Waals surface area (Å²) in [5, 5.41) is 2.27. The minimum absolute atomic E-state index is 0.00690. The van der Waals surface area contributed by atoms with Crippen molar-refractivity contribution >= 4 is 17.4 Å². The van der Waals surface area contributed by atoms with Gasteiger partial charge in [0.2, 0.25) is 5.28 Å². The number of hydrogen-bond donors (Lipinski definition) is 1. The van der Waals surface area contributed by atoms with Gasteiger partial charge in [0.1, 0.15) is 5.82 Å². The Bertz CT molecular complexity index is 423. The summed E-state index contributed by atoms with van der Waals surface area (Å²) in [4.78, 5) is 6.80. The summed E-state index contributed by atoms with van der Waals surface area (Å²) in [6.07, 6.45) is -4.56. The van der Waals surface area contributed by atoms with Crippen LogP contribution in [0.5, 0.6) is 0 Å². The average Bonchev–Trinajstić information content (AvgIpc) is 2.25. The molecule has 0 saturated heterocycles. The molecule has 1 N–H and O–H groups in total. The molecule has 0 aromatic carbocycles. The standard InChI is InChI=1S/C10H13ClF3N3O/c1-9(2,18-3)5-15-7-4-6(10(12,13)14)16-8(11)17-7/h4H,5H2,1-3H3,(H,15,16,17). The predicted molar refractivity (Wildman–Crippen MR) is 61.6 cm³/mol. The lowest BCUT2D eigenvalue weighted by Crippen LogP contribution is -2.32. The summed E-state index contributed by atoms with van der Waals surface area (Å²) in [5.74, 6) is 0.00690. The average molecular weight is 284 g/mol. The maximum Gasteiger partial charge on any atom is 0.433 e. The van der Waals surface area contributed by atoms with Gasteiger partial charge in [-0.2, -0.15) is 13.2 Å². The van der Waals surface area contributed by atoms with Crippen LogP contribution < -0.4 is 5.32 Å². The molecule has 0 unspecified atom stereocenters. The topological polar surface area (TPSA) is 47.0 Å². The molecule has 0 fully saturated rings. The predicted octanol–water partition coefficient (Wildman–Crippen LogP) is 2.99. The number of rotatable bonds is 4. The Morgan fingerprint density at radius 2 is 1.94 bits per heavy atom. The lowest BCUT2D eigenvalue weighted by Gasteiger charge is -2.23. The van der Waals surface area contributed by atoms with Crippen LogP contribution in [0.2, 0.25) is 5.28 Å². The van der Waals surface area contributed by atoms with Gasteiger partial charge in [-0.3, -0.25) is 0 Å². The fourth-order valence-electron chi connectivity index (χ4n) is 1.03. The minimum atomic E-state index is -4.56. The van der Waals surface area contributed by atoms with Gasteiger partial charge in [-0.1, -0.05) is 0 Å². The van der Waals surface area contributed by atoms with E-state index in [1.807, 2.05) is 0 Å². The lowest BCUT2D eigenvalue weighted by molar-refractivity contribution is -0.141. The van der Waals surface area contributed by atoms with Gasteiger partial charge in [-0.25, -0.2) is 9.97 Å². The summed E-state index contributed by atoms with van der Waals surface area (Å²) in [6, 6.07) is 0.803. The molecule has 0 spiro atoms. The molecule has 0 saturated carbocycles. The molecule has 0 amide bonds. The summed E-state index contributed by atoms with van der Waals surface area (Å²) >= 11 is 5.45. The van der Waals surface area contributed by atoms with Gasteiger partial charge >= 0.3 is 6.18 Å². The van der Waals surface area contributed by atoms with Crippen LogP contribution in [0.25, 0.3) is 0 Å². The summed E-state index contributed by atoms with van der Waals surface area (Å²) < 4.78 is 42.6. The van der Waals surface area contributed by atoms with Crippen LogP contribution in [0.1, 0.15) is 19.5 Å². The molecule has 1 rings (SSSR count). The highest BCUT2D eigenvalue weighted by Gasteiger charge is 2.33. The van der Waals surface area contributed by atoms with Gasteiger partial charge in [0.15, 0.2) is 5.69 Å². The molecular formula is C10H13ClF3N3O. The fraction of sp³-hybridized carbons (Fsp3) is 0.600. The van der Waals surface area contributed by atoms with Crippen molar-refractivity contribution < 1.29 is 17.9 Å². The smallest absolute Gasteiger partial charge is 0.377 e. The van der Waals surface area contributed by atoms with Crippen molar-refractivity contribution in [1.29, 1.82) is 0 Å². The van der Waals surface area contributed by atoms with Crippen LogP contribution in [-0.4, -0.2) is 29.2 Å². The highest BCUT2D eigenvalue weighted by atomic mass is 35.5. The first-order valence-electron chi connectivity index (χ1n) is 5.05. The first-order valence-corrected chi connectivity index (χ1v) is 5.43. The third kappa shape index (κ3) is 4.30. The number of halogens is 4. The van der Waals surface area contributed by atoms with Crippen LogP contribution in [-0.2, 0) is 10.9 Å². The lowest BCUT2D eigenvalue weighted by atomic mass is 10.1. The van der Waals surface area contributed by atoms with E-state index in [4.69, 9.17) is 16.3 Å². The maximum atomic E-state index is 12.5. The van der Waals surface area contributed by atoms with Crippen molar-refractivity contribution in [2.45, 2.75) is 25.6 Å². The zero-order valence-corrected chi connectivity index (χ0v) is 10.9. The van der Waals surface area contributed by atoms with E-state index in [9.17, 15) is 13.2 Å². The Morgan fingerprint density at radius 1 is 1.33 bits per heavy atom. The Morgan fingerprint density at radius 3 is 2.44 bits per heavy atom. The van der Waals surface area contributed by atoms with E-state index in [2.05, 4.69) is 15.3 Å². The number of methoxy groups -OCH3 is 1. The first kappa shape index (κ1) is 15.0. The van der Waals surface area contributed by atoms with Crippen LogP contribution in [0.3, 0.4) is 0 Å². The van der Waals surface area contributed by atoms with Gasteiger partial charge in [0.05, 0.1) is 5.60 Å². The highest BCUT2D eigenvalue weighted by Crippen LogP contribution is 2.29. The first-order chi connectivity index (χ1) is 8.14. The summed E-state index contributed by atoms with van der Waals surface area (Å²) in [6.45, 7) is 3.86. The molecule has 0 aliphatic rings. The van der Waals surface area contributed by atoms with Crippen molar-refractivity contribution in [2.24, 2.45) is 0 Å². The Hall–Kier alpha value is -1.08. The van der Waals surface area contributed by atoms with Gasteiger partial charge in [0.25, 0.3) is 0 Å². The number of alkyl halides is 3. The van der Waals surface area contributed by atoms with E-state index < -0.39 is 22.8 Å². The van der Waals surface area contributed by atoms with E-state index in [0.29, 0.717) is 0 Å². The van der Waals surface area contributed by atoms with Crippen molar-refractivity contribution in [1.82, 2.24) is 9.97 Å². The summed E-state index contributed by atoms with van der Waals surface area (Å²) in [5.41, 5.74) is -1.62. The van der Waals surface area contributed by atoms with Crippen molar-refractivity contribution in [2.75, 3.05) is 19.0 Å². The molecule has 0 atom stereocenters. The molecule has 4 nitrogen and oxygen atoms in total.